The summed E-state index contributed by atoms with van der Waals surface area (Å²) in [5.41, 5.74) is 0.360. The molecule has 4 nitrogen and oxygen atoms in total. The second kappa shape index (κ2) is 4.97. The summed E-state index contributed by atoms with van der Waals surface area (Å²) in [7, 11) is 0. The predicted molar refractivity (Wildman–Crippen MR) is 66.1 cm³/mol. The Bertz CT molecular complexity index is 537. The third-order valence-corrected chi connectivity index (χ3v) is 3.21. The first-order valence-electron chi connectivity index (χ1n) is 5.12. The smallest absolute Gasteiger partial charge is 0.253 e. The van der Waals surface area contributed by atoms with Crippen molar-refractivity contribution < 1.29 is 9.90 Å². The van der Waals surface area contributed by atoms with Gasteiger partial charge in [-0.2, -0.15) is 0 Å². The fraction of sp³-hybridized carbons (Fsp3) is 0.167. The maximum absolute atomic E-state index is 11.7. The zero-order chi connectivity index (χ0) is 12.3. The molecule has 0 bridgehead atoms. The van der Waals surface area contributed by atoms with Crippen molar-refractivity contribution in [3.63, 3.8) is 0 Å². The second-order valence-electron chi connectivity index (χ2n) is 3.63. The number of nitrogens with zero attached hydrogens (tertiary/aromatic N) is 1. The van der Waals surface area contributed by atoms with Crippen molar-refractivity contribution in [2.75, 3.05) is 0 Å². The van der Waals surface area contributed by atoms with Gasteiger partial charge in [-0.05, 0) is 25.1 Å². The van der Waals surface area contributed by atoms with Gasteiger partial charge in [0.05, 0.1) is 18.3 Å². The molecule has 2 aromatic rings. The van der Waals surface area contributed by atoms with Crippen LogP contribution in [0, 0.1) is 6.92 Å². The van der Waals surface area contributed by atoms with Crippen LogP contribution in [0.25, 0.3) is 0 Å². The normalized spacial score (nSPS) is 10.2. The van der Waals surface area contributed by atoms with E-state index >= 15 is 0 Å². The lowest BCUT2D eigenvalue weighted by atomic mass is 10.2. The molecule has 0 spiro atoms. The van der Waals surface area contributed by atoms with Crippen LogP contribution in [-0.2, 0) is 6.54 Å². The van der Waals surface area contributed by atoms with E-state index in [0.717, 1.165) is 4.88 Å². The number of amides is 1. The van der Waals surface area contributed by atoms with Gasteiger partial charge in [-0.15, -0.1) is 11.3 Å². The summed E-state index contributed by atoms with van der Waals surface area (Å²) in [6, 6.07) is 5.39. The highest BCUT2D eigenvalue weighted by molar-refractivity contribution is 7.11. The Morgan fingerprint density at radius 2 is 2.29 bits per heavy atom. The first-order chi connectivity index (χ1) is 8.15. The summed E-state index contributed by atoms with van der Waals surface area (Å²) >= 11 is 1.65. The van der Waals surface area contributed by atoms with Crippen LogP contribution in [-0.4, -0.2) is 16.0 Å². The van der Waals surface area contributed by atoms with E-state index in [1.165, 1.54) is 23.3 Å². The number of rotatable bonds is 3. The van der Waals surface area contributed by atoms with Crippen molar-refractivity contribution in [2.24, 2.45) is 0 Å². The quantitative estimate of drug-likeness (QED) is 0.874. The molecule has 0 radical (unpaired) electrons. The Morgan fingerprint density at radius 3 is 2.94 bits per heavy atom. The predicted octanol–water partition coefficient (Wildman–Crippen LogP) is 2.09. The maximum Gasteiger partial charge on any atom is 0.253 e. The molecule has 0 saturated carbocycles. The minimum atomic E-state index is -0.237. The summed E-state index contributed by atoms with van der Waals surface area (Å²) in [5, 5.41) is 12.0. The first kappa shape index (κ1) is 11.6. The number of aromatic nitrogens is 1. The van der Waals surface area contributed by atoms with Crippen molar-refractivity contribution in [1.29, 1.82) is 0 Å². The molecule has 0 aliphatic heterocycles. The molecule has 0 atom stereocenters. The van der Waals surface area contributed by atoms with E-state index in [9.17, 15) is 9.90 Å². The van der Waals surface area contributed by atoms with Crippen LogP contribution in [0.1, 0.15) is 20.1 Å². The maximum atomic E-state index is 11.7. The van der Waals surface area contributed by atoms with Gasteiger partial charge < -0.3 is 10.4 Å². The Kier molecular flexibility index (Phi) is 3.39. The van der Waals surface area contributed by atoms with Gasteiger partial charge in [0, 0.05) is 16.0 Å². The molecule has 0 unspecified atom stereocenters. The van der Waals surface area contributed by atoms with Gasteiger partial charge >= 0.3 is 0 Å². The number of thiophene rings is 1. The van der Waals surface area contributed by atoms with Crippen molar-refractivity contribution in [1.82, 2.24) is 10.3 Å². The number of carbonyl (C=O) groups excluding carboxylic acids is 1. The second-order valence-corrected chi connectivity index (χ2v) is 5.00. The van der Waals surface area contributed by atoms with Crippen molar-refractivity contribution in [3.05, 3.63) is 45.9 Å². The van der Waals surface area contributed by atoms with E-state index in [1.54, 1.807) is 11.3 Å². The molecule has 2 aromatic heterocycles. The van der Waals surface area contributed by atoms with Gasteiger partial charge in [0.15, 0.2) is 0 Å². The highest BCUT2D eigenvalue weighted by Crippen LogP contribution is 2.15. The highest BCUT2D eigenvalue weighted by Gasteiger charge is 2.06. The van der Waals surface area contributed by atoms with Crippen LogP contribution in [0.4, 0.5) is 0 Å². The minimum Gasteiger partial charge on any atom is -0.506 e. The summed E-state index contributed by atoms with van der Waals surface area (Å²) in [5.74, 6) is -0.246. The summed E-state index contributed by atoms with van der Waals surface area (Å²) < 4.78 is 0. The Hall–Kier alpha value is -1.88. The molecular formula is C12H12N2O2S. The fourth-order valence-electron chi connectivity index (χ4n) is 1.40. The molecular weight excluding hydrogens is 236 g/mol. The van der Waals surface area contributed by atoms with Gasteiger partial charge in [0.2, 0.25) is 0 Å². The zero-order valence-corrected chi connectivity index (χ0v) is 10.1. The van der Waals surface area contributed by atoms with Crippen LogP contribution in [0.5, 0.6) is 5.75 Å². The molecule has 0 aliphatic carbocycles. The van der Waals surface area contributed by atoms with Gasteiger partial charge in [0.25, 0.3) is 5.91 Å². The van der Waals surface area contributed by atoms with E-state index in [-0.39, 0.29) is 11.7 Å². The molecule has 0 aliphatic rings. The standard InChI is InChI=1S/C12H12N2O2S/c1-8-2-3-11(17-8)7-14-12(16)9-4-10(15)6-13-5-9/h2-6,15H,7H2,1H3,(H,14,16). The molecule has 88 valence electrons. The van der Waals surface area contributed by atoms with Crippen LogP contribution in [0.2, 0.25) is 0 Å². The molecule has 1 amide bonds. The largest absolute Gasteiger partial charge is 0.506 e. The average molecular weight is 248 g/mol. The third kappa shape index (κ3) is 3.04. The topological polar surface area (TPSA) is 62.2 Å². The number of aryl methyl sites for hydroxylation is 1. The van der Waals surface area contributed by atoms with Crippen molar-refractivity contribution >= 4 is 17.2 Å². The molecule has 2 heterocycles. The summed E-state index contributed by atoms with van der Waals surface area (Å²) in [4.78, 5) is 17.8. The number of hydrogen-bond donors (Lipinski definition) is 2. The van der Waals surface area contributed by atoms with E-state index in [4.69, 9.17) is 0 Å². The van der Waals surface area contributed by atoms with E-state index in [1.807, 2.05) is 19.1 Å². The van der Waals surface area contributed by atoms with E-state index < -0.39 is 0 Å². The first-order valence-corrected chi connectivity index (χ1v) is 5.94. The molecule has 0 aromatic carbocycles. The number of aromatic hydroxyl groups is 1. The molecule has 17 heavy (non-hydrogen) atoms. The Labute approximate surface area is 103 Å². The van der Waals surface area contributed by atoms with Crippen LogP contribution in [0.15, 0.2) is 30.6 Å². The monoisotopic (exact) mass is 248 g/mol. The summed E-state index contributed by atoms with van der Waals surface area (Å²) in [6.45, 7) is 2.52. The van der Waals surface area contributed by atoms with E-state index in [2.05, 4.69) is 10.3 Å². The van der Waals surface area contributed by atoms with Crippen LogP contribution < -0.4 is 5.32 Å². The molecule has 0 saturated heterocycles. The van der Waals surface area contributed by atoms with Crippen LogP contribution in [0.3, 0.4) is 0 Å². The summed E-state index contributed by atoms with van der Waals surface area (Å²) in [6.07, 6.45) is 2.72. The molecule has 5 heteroatoms. The minimum absolute atomic E-state index is 0.00961. The lowest BCUT2D eigenvalue weighted by Crippen LogP contribution is -2.22. The average Bonchev–Trinajstić information content (AvgIpc) is 2.72. The Balaban J connectivity index is 1.98. The van der Waals surface area contributed by atoms with Gasteiger partial charge in [0.1, 0.15) is 5.75 Å². The third-order valence-electron chi connectivity index (χ3n) is 2.21. The van der Waals surface area contributed by atoms with Gasteiger partial charge in [-0.3, -0.25) is 9.78 Å². The number of carbonyl (C=O) groups is 1. The molecule has 0 fully saturated rings. The lowest BCUT2D eigenvalue weighted by molar-refractivity contribution is 0.0950. The Morgan fingerprint density at radius 1 is 1.47 bits per heavy atom. The SMILES string of the molecule is Cc1ccc(CNC(=O)c2cncc(O)c2)s1. The van der Waals surface area contributed by atoms with Gasteiger partial charge in [-0.25, -0.2) is 0 Å². The number of pyridine rings is 1. The number of nitrogens with one attached hydrogen (secondary N) is 1. The zero-order valence-electron chi connectivity index (χ0n) is 9.30. The van der Waals surface area contributed by atoms with Crippen molar-refractivity contribution in [2.45, 2.75) is 13.5 Å². The van der Waals surface area contributed by atoms with E-state index in [0.29, 0.717) is 12.1 Å². The number of hydrogen-bond acceptors (Lipinski definition) is 4. The lowest BCUT2D eigenvalue weighted by Gasteiger charge is -2.03. The molecule has 2 N–H and O–H groups in total. The highest BCUT2D eigenvalue weighted by atomic mass is 32.1. The van der Waals surface area contributed by atoms with Gasteiger partial charge in [-0.1, -0.05) is 0 Å². The van der Waals surface area contributed by atoms with Crippen molar-refractivity contribution in [3.8, 4) is 5.75 Å². The molecule has 2 rings (SSSR count). The van der Waals surface area contributed by atoms with Crippen LogP contribution >= 0.6 is 11.3 Å². The fourth-order valence-corrected chi connectivity index (χ4v) is 2.23.